The average molecular weight is 531 g/mol. The number of carbonyl (C=O) groups is 3. The van der Waals surface area contributed by atoms with E-state index in [-0.39, 0.29) is 18.1 Å². The Morgan fingerprint density at radius 1 is 0.974 bits per heavy atom. The van der Waals surface area contributed by atoms with E-state index in [1.807, 2.05) is 91.0 Å². The SMILES string of the molecule is CC1=C(C(=O)OC(c2ccccc2)c2ccccc2)N2C(=O)[C@@H](NC(=O)OCc3ccccc3)[C@@H]2[S+]([O-])C1. The van der Waals surface area contributed by atoms with E-state index in [9.17, 15) is 18.9 Å². The van der Waals surface area contributed by atoms with Crippen LogP contribution >= 0.6 is 0 Å². The number of esters is 1. The fraction of sp³-hybridized carbons (Fsp3) is 0.207. The highest BCUT2D eigenvalue weighted by Gasteiger charge is 2.61. The molecule has 0 aromatic heterocycles. The van der Waals surface area contributed by atoms with E-state index in [0.29, 0.717) is 5.57 Å². The summed E-state index contributed by atoms with van der Waals surface area (Å²) in [6.07, 6.45) is -1.50. The Kier molecular flexibility index (Phi) is 7.48. The van der Waals surface area contributed by atoms with Gasteiger partial charge in [-0.05, 0) is 34.8 Å². The highest BCUT2D eigenvalue weighted by Crippen LogP contribution is 2.38. The van der Waals surface area contributed by atoms with Crippen molar-refractivity contribution in [2.24, 2.45) is 0 Å². The summed E-state index contributed by atoms with van der Waals surface area (Å²) in [5, 5.41) is 1.63. The van der Waals surface area contributed by atoms with Gasteiger partial charge in [0.05, 0.1) is 0 Å². The standard InChI is InChI=1S/C29H26N2O6S/c1-19-18-38(35)27-23(30-29(34)36-17-20-11-5-2-6-12-20)26(32)31(27)24(19)28(33)37-25(21-13-7-3-8-14-21)22-15-9-4-10-16-22/h2-16,23,25,27H,17-18H2,1H3,(H,30,34)/t23-,27+,38?/m1/s1. The van der Waals surface area contributed by atoms with Crippen molar-refractivity contribution in [2.75, 3.05) is 5.75 Å². The van der Waals surface area contributed by atoms with Gasteiger partial charge in [0.15, 0.2) is 12.1 Å². The number of nitrogens with one attached hydrogen (secondary N) is 1. The smallest absolute Gasteiger partial charge is 0.408 e. The van der Waals surface area contributed by atoms with Gasteiger partial charge in [0.25, 0.3) is 5.91 Å². The van der Waals surface area contributed by atoms with Gasteiger partial charge in [-0.25, -0.2) is 9.59 Å². The third-order valence-electron chi connectivity index (χ3n) is 6.43. The summed E-state index contributed by atoms with van der Waals surface area (Å²) >= 11 is -1.52. The van der Waals surface area contributed by atoms with Crippen LogP contribution in [0, 0.1) is 0 Å². The minimum absolute atomic E-state index is 0.0298. The van der Waals surface area contributed by atoms with E-state index in [2.05, 4.69) is 5.32 Å². The van der Waals surface area contributed by atoms with Crippen molar-refractivity contribution in [3.63, 3.8) is 0 Å². The van der Waals surface area contributed by atoms with E-state index >= 15 is 0 Å². The normalized spacial score (nSPS) is 20.4. The maximum absolute atomic E-state index is 13.5. The molecule has 1 N–H and O–H groups in total. The van der Waals surface area contributed by atoms with Gasteiger partial charge in [0, 0.05) is 5.57 Å². The Hall–Kier alpha value is -4.08. The molecule has 5 rings (SSSR count). The van der Waals surface area contributed by atoms with Crippen molar-refractivity contribution in [1.29, 1.82) is 0 Å². The fourth-order valence-corrected chi connectivity index (χ4v) is 6.25. The second-order valence-corrected chi connectivity index (χ2v) is 10.6. The lowest BCUT2D eigenvalue weighted by atomic mass is 10.0. The summed E-state index contributed by atoms with van der Waals surface area (Å²) in [5.74, 6) is -1.15. The zero-order chi connectivity index (χ0) is 26.6. The van der Waals surface area contributed by atoms with Crippen molar-refractivity contribution in [2.45, 2.75) is 31.1 Å². The molecular formula is C29H26N2O6S. The zero-order valence-electron chi connectivity index (χ0n) is 20.6. The Morgan fingerprint density at radius 2 is 1.53 bits per heavy atom. The number of rotatable bonds is 7. The first-order valence-electron chi connectivity index (χ1n) is 12.1. The molecule has 8 nitrogen and oxygen atoms in total. The maximum atomic E-state index is 13.5. The predicted molar refractivity (Wildman–Crippen MR) is 141 cm³/mol. The molecule has 194 valence electrons. The van der Waals surface area contributed by atoms with E-state index in [0.717, 1.165) is 16.7 Å². The van der Waals surface area contributed by atoms with E-state index in [1.165, 1.54) is 4.90 Å². The maximum Gasteiger partial charge on any atom is 0.408 e. The molecule has 2 aliphatic heterocycles. The fourth-order valence-electron chi connectivity index (χ4n) is 4.59. The molecule has 0 saturated carbocycles. The summed E-state index contributed by atoms with van der Waals surface area (Å²) in [7, 11) is 0. The number of ether oxygens (including phenoxy) is 2. The van der Waals surface area contributed by atoms with Crippen LogP contribution in [-0.4, -0.2) is 44.6 Å². The first-order chi connectivity index (χ1) is 18.4. The number of nitrogens with zero attached hydrogens (tertiary/aromatic N) is 1. The molecule has 2 amide bonds. The molecule has 38 heavy (non-hydrogen) atoms. The lowest BCUT2D eigenvalue weighted by Gasteiger charge is -2.48. The number of benzene rings is 3. The van der Waals surface area contributed by atoms with Gasteiger partial charge in [-0.3, -0.25) is 9.69 Å². The van der Waals surface area contributed by atoms with Gasteiger partial charge in [0.2, 0.25) is 5.37 Å². The molecule has 0 radical (unpaired) electrons. The summed E-state index contributed by atoms with van der Waals surface area (Å²) in [6.45, 7) is 1.69. The first-order valence-corrected chi connectivity index (χ1v) is 13.5. The van der Waals surface area contributed by atoms with Crippen LogP contribution in [0.3, 0.4) is 0 Å². The van der Waals surface area contributed by atoms with Crippen molar-refractivity contribution in [3.05, 3.63) is 119 Å². The Balaban J connectivity index is 1.31. The predicted octanol–water partition coefficient (Wildman–Crippen LogP) is 3.82. The lowest BCUT2D eigenvalue weighted by Crippen LogP contribution is -2.74. The number of hydrogen-bond acceptors (Lipinski definition) is 6. The van der Waals surface area contributed by atoms with Crippen LogP contribution < -0.4 is 5.32 Å². The van der Waals surface area contributed by atoms with Crippen LogP contribution in [0.4, 0.5) is 4.79 Å². The number of carbonyl (C=O) groups excluding carboxylic acids is 3. The van der Waals surface area contributed by atoms with Crippen molar-refractivity contribution < 1.29 is 28.4 Å². The van der Waals surface area contributed by atoms with Gasteiger partial charge in [-0.15, -0.1) is 0 Å². The molecule has 1 saturated heterocycles. The van der Waals surface area contributed by atoms with Crippen molar-refractivity contribution in [3.8, 4) is 0 Å². The third kappa shape index (κ3) is 5.16. The number of fused-ring (bicyclic) bond motifs is 1. The lowest BCUT2D eigenvalue weighted by molar-refractivity contribution is -0.154. The molecule has 0 spiro atoms. The van der Waals surface area contributed by atoms with Gasteiger partial charge in [-0.1, -0.05) is 91.0 Å². The zero-order valence-corrected chi connectivity index (χ0v) is 21.4. The Labute approximate surface area is 223 Å². The van der Waals surface area contributed by atoms with Crippen molar-refractivity contribution >= 4 is 29.1 Å². The number of hydrogen-bond donors (Lipinski definition) is 1. The first kappa shape index (κ1) is 25.6. The minimum atomic E-state index is -1.52. The van der Waals surface area contributed by atoms with Gasteiger partial charge < -0.3 is 19.3 Å². The summed E-state index contributed by atoms with van der Waals surface area (Å²) < 4.78 is 24.1. The molecule has 2 aliphatic rings. The molecule has 3 aromatic rings. The summed E-state index contributed by atoms with van der Waals surface area (Å²) in [4.78, 5) is 40.2. The monoisotopic (exact) mass is 530 g/mol. The molecule has 2 heterocycles. The van der Waals surface area contributed by atoms with Gasteiger partial charge in [-0.2, -0.15) is 0 Å². The van der Waals surface area contributed by atoms with Crippen LogP contribution in [0.5, 0.6) is 0 Å². The summed E-state index contributed by atoms with van der Waals surface area (Å²) in [6, 6.07) is 26.7. The molecule has 3 aromatic carbocycles. The van der Waals surface area contributed by atoms with Crippen LogP contribution in [-0.2, 0) is 36.8 Å². The number of amides is 2. The van der Waals surface area contributed by atoms with Crippen LogP contribution in [0.2, 0.25) is 0 Å². The Morgan fingerprint density at radius 3 is 2.11 bits per heavy atom. The van der Waals surface area contributed by atoms with Crippen LogP contribution in [0.15, 0.2) is 102 Å². The second-order valence-electron chi connectivity index (χ2n) is 9.04. The highest BCUT2D eigenvalue weighted by molar-refractivity contribution is 7.92. The molecule has 0 bridgehead atoms. The van der Waals surface area contributed by atoms with Crippen LogP contribution in [0.1, 0.15) is 29.7 Å². The van der Waals surface area contributed by atoms with E-state index in [1.54, 1.807) is 6.92 Å². The van der Waals surface area contributed by atoms with E-state index < -0.39 is 46.7 Å². The molecule has 3 atom stereocenters. The molecular weight excluding hydrogens is 504 g/mol. The Bertz CT molecular complexity index is 1310. The molecule has 1 fully saturated rings. The summed E-state index contributed by atoms with van der Waals surface area (Å²) in [5.41, 5.74) is 2.89. The van der Waals surface area contributed by atoms with Gasteiger partial charge >= 0.3 is 12.1 Å². The number of β-lactam (4-membered cyclic amide) rings is 1. The van der Waals surface area contributed by atoms with Gasteiger partial charge in [0.1, 0.15) is 18.1 Å². The largest absolute Gasteiger partial charge is 0.614 e. The van der Waals surface area contributed by atoms with Crippen LogP contribution in [0.25, 0.3) is 0 Å². The minimum Gasteiger partial charge on any atom is -0.614 e. The number of alkyl carbamates (subject to hydrolysis) is 1. The third-order valence-corrected chi connectivity index (χ3v) is 8.16. The molecule has 0 aliphatic carbocycles. The topological polar surface area (TPSA) is 108 Å². The molecule has 9 heteroatoms. The van der Waals surface area contributed by atoms with E-state index in [4.69, 9.17) is 9.47 Å². The average Bonchev–Trinajstić information content (AvgIpc) is 2.94. The second kappa shape index (κ2) is 11.1. The quantitative estimate of drug-likeness (QED) is 0.283. The molecule has 1 unspecified atom stereocenters. The van der Waals surface area contributed by atoms with Crippen molar-refractivity contribution in [1.82, 2.24) is 10.2 Å². The highest BCUT2D eigenvalue weighted by atomic mass is 32.2.